The molecule has 41 heavy (non-hydrogen) atoms. The van der Waals surface area contributed by atoms with Gasteiger partial charge in [-0.15, -0.1) is 10.2 Å². The van der Waals surface area contributed by atoms with Crippen molar-refractivity contribution >= 4 is 61.5 Å². The molecule has 8 nitrogen and oxygen atoms in total. The number of nitriles is 1. The highest BCUT2D eigenvalue weighted by Crippen LogP contribution is 2.47. The quantitative estimate of drug-likeness (QED) is 0.269. The minimum Gasteiger partial charge on any atom is -0.384 e. The van der Waals surface area contributed by atoms with Gasteiger partial charge in [0.05, 0.1) is 23.3 Å². The van der Waals surface area contributed by atoms with Crippen molar-refractivity contribution in [3.63, 3.8) is 0 Å². The molecule has 0 fully saturated rings. The van der Waals surface area contributed by atoms with Crippen LogP contribution in [0.5, 0.6) is 0 Å². The molecule has 1 amide bonds. The number of aryl methyl sites for hydroxylation is 1. The van der Waals surface area contributed by atoms with Crippen LogP contribution in [-0.4, -0.2) is 27.6 Å². The van der Waals surface area contributed by atoms with Crippen molar-refractivity contribution < 1.29 is 9.59 Å². The number of nitrogens with one attached hydrogen (secondary N) is 1. The number of rotatable bonds is 7. The Morgan fingerprint density at radius 2 is 2.00 bits per heavy atom. The first-order chi connectivity index (χ1) is 19.7. The molecule has 2 heterocycles. The molecule has 0 bridgehead atoms. The molecular weight excluding hydrogens is 620 g/mol. The summed E-state index contributed by atoms with van der Waals surface area (Å²) in [5.74, 6) is 0.125. The number of halogens is 1. The molecule has 210 valence electrons. The standard InChI is InChI=1S/C30H29BrN6O2S2/c1-16(2)18-7-9-19(10-8-18)26-21(14-32)28(33)37(23-5-4-6-24(38)27(23)26)29-35-36-30(41-29)40-15-25(39)34-22-12-11-20(31)13-17(22)3/h7-13,16,26H,4-6,15,33H2,1-3H3,(H,34,39). The van der Waals surface area contributed by atoms with Crippen LogP contribution in [0.25, 0.3) is 0 Å². The summed E-state index contributed by atoms with van der Waals surface area (Å²) in [4.78, 5) is 27.7. The summed E-state index contributed by atoms with van der Waals surface area (Å²) in [6, 6.07) is 16.0. The fraction of sp³-hybridized carbons (Fsp3) is 0.300. The summed E-state index contributed by atoms with van der Waals surface area (Å²) in [6.45, 7) is 6.18. The van der Waals surface area contributed by atoms with Crippen LogP contribution in [0.3, 0.4) is 0 Å². The van der Waals surface area contributed by atoms with E-state index in [-0.39, 0.29) is 23.3 Å². The molecular formula is C30H29BrN6O2S2. The lowest BCUT2D eigenvalue weighted by atomic mass is 9.75. The second kappa shape index (κ2) is 12.2. The highest BCUT2D eigenvalue weighted by molar-refractivity contribution is 9.10. The molecule has 11 heteroatoms. The second-order valence-electron chi connectivity index (χ2n) is 10.3. The number of anilines is 2. The lowest BCUT2D eigenvalue weighted by Crippen LogP contribution is -2.38. The maximum atomic E-state index is 13.4. The number of amides is 1. The number of Topliss-reactive ketones (excluding diaryl/α,β-unsaturated/α-hetero) is 1. The minimum atomic E-state index is -0.521. The van der Waals surface area contributed by atoms with E-state index in [1.165, 1.54) is 28.7 Å². The van der Waals surface area contributed by atoms with Gasteiger partial charge in [0.1, 0.15) is 5.82 Å². The summed E-state index contributed by atoms with van der Waals surface area (Å²) in [5, 5.41) is 22.3. The molecule has 1 aliphatic carbocycles. The Labute approximate surface area is 255 Å². The average molecular weight is 650 g/mol. The van der Waals surface area contributed by atoms with E-state index >= 15 is 0 Å². The molecule has 1 atom stereocenters. The molecule has 3 N–H and O–H groups in total. The topological polar surface area (TPSA) is 125 Å². The van der Waals surface area contributed by atoms with E-state index in [1.54, 1.807) is 4.90 Å². The van der Waals surface area contributed by atoms with E-state index in [9.17, 15) is 14.9 Å². The Morgan fingerprint density at radius 3 is 2.68 bits per heavy atom. The second-order valence-corrected chi connectivity index (χ2v) is 13.4. The highest BCUT2D eigenvalue weighted by Gasteiger charge is 2.41. The first kappa shape index (κ1) is 29.0. The maximum Gasteiger partial charge on any atom is 0.234 e. The van der Waals surface area contributed by atoms with Gasteiger partial charge in [-0.25, -0.2) is 0 Å². The van der Waals surface area contributed by atoms with Gasteiger partial charge in [0.2, 0.25) is 11.0 Å². The zero-order valence-electron chi connectivity index (χ0n) is 22.9. The van der Waals surface area contributed by atoms with Crippen LogP contribution < -0.4 is 16.0 Å². The maximum absolute atomic E-state index is 13.4. The molecule has 3 aromatic rings. The number of ketones is 1. The monoisotopic (exact) mass is 648 g/mol. The van der Waals surface area contributed by atoms with Crippen LogP contribution in [0.4, 0.5) is 10.8 Å². The molecule has 1 aliphatic heterocycles. The van der Waals surface area contributed by atoms with Crippen LogP contribution in [0.1, 0.15) is 61.6 Å². The number of carbonyl (C=O) groups excluding carboxylic acids is 2. The Bertz CT molecular complexity index is 1620. The third kappa shape index (κ3) is 5.96. The number of nitrogens with two attached hydrogens (primary N) is 1. The number of hydrogen-bond donors (Lipinski definition) is 2. The van der Waals surface area contributed by atoms with Gasteiger partial charge in [0.15, 0.2) is 10.1 Å². The van der Waals surface area contributed by atoms with Crippen molar-refractivity contribution in [1.82, 2.24) is 10.2 Å². The number of benzene rings is 2. The fourth-order valence-corrected chi connectivity index (χ4v) is 7.30. The summed E-state index contributed by atoms with van der Waals surface area (Å²) < 4.78 is 1.53. The summed E-state index contributed by atoms with van der Waals surface area (Å²) >= 11 is 5.98. The summed E-state index contributed by atoms with van der Waals surface area (Å²) in [6.07, 6.45) is 1.76. The lowest BCUT2D eigenvalue weighted by molar-refractivity contribution is -0.116. The highest BCUT2D eigenvalue weighted by atomic mass is 79.9. The van der Waals surface area contributed by atoms with Crippen molar-refractivity contribution in [3.8, 4) is 6.07 Å². The SMILES string of the molecule is Cc1cc(Br)ccc1NC(=O)CSc1nnc(N2C(N)=C(C#N)C(c3ccc(C(C)C)cc3)C3=C2CCCC3=O)s1. The van der Waals surface area contributed by atoms with Crippen LogP contribution >= 0.6 is 39.0 Å². The Hall–Kier alpha value is -3.46. The minimum absolute atomic E-state index is 0.0217. The van der Waals surface area contributed by atoms with E-state index in [4.69, 9.17) is 5.73 Å². The van der Waals surface area contributed by atoms with E-state index < -0.39 is 5.92 Å². The number of thioether (sulfide) groups is 1. The molecule has 0 radical (unpaired) electrons. The molecule has 2 aromatic carbocycles. The Kier molecular flexibility index (Phi) is 8.63. The molecule has 0 saturated carbocycles. The molecule has 1 aromatic heterocycles. The smallest absolute Gasteiger partial charge is 0.234 e. The summed E-state index contributed by atoms with van der Waals surface area (Å²) in [5.41, 5.74) is 12.1. The molecule has 2 aliphatic rings. The number of hydrogen-bond acceptors (Lipinski definition) is 9. The molecule has 1 unspecified atom stereocenters. The Balaban J connectivity index is 1.41. The molecule has 0 saturated heterocycles. The number of aromatic nitrogens is 2. The predicted molar refractivity (Wildman–Crippen MR) is 167 cm³/mol. The van der Waals surface area contributed by atoms with Gasteiger partial charge in [-0.2, -0.15) is 5.26 Å². The molecule has 0 spiro atoms. The third-order valence-electron chi connectivity index (χ3n) is 7.23. The van der Waals surface area contributed by atoms with Crippen molar-refractivity contribution in [1.29, 1.82) is 5.26 Å². The van der Waals surface area contributed by atoms with Crippen molar-refractivity contribution in [2.45, 2.75) is 56.2 Å². The van der Waals surface area contributed by atoms with Crippen LogP contribution in [0.2, 0.25) is 0 Å². The van der Waals surface area contributed by atoms with Crippen LogP contribution in [0.15, 0.2) is 73.9 Å². The molecule has 5 rings (SSSR count). The van der Waals surface area contributed by atoms with Gasteiger partial charge in [0.25, 0.3) is 0 Å². The van der Waals surface area contributed by atoms with E-state index in [1.807, 2.05) is 49.4 Å². The van der Waals surface area contributed by atoms with Gasteiger partial charge in [-0.3, -0.25) is 14.5 Å². The van der Waals surface area contributed by atoms with E-state index in [0.29, 0.717) is 45.8 Å². The van der Waals surface area contributed by atoms with E-state index in [0.717, 1.165) is 27.0 Å². The number of allylic oxidation sites excluding steroid dienone is 3. The first-order valence-corrected chi connectivity index (χ1v) is 15.9. The predicted octanol–water partition coefficient (Wildman–Crippen LogP) is 6.77. The third-order valence-corrected chi connectivity index (χ3v) is 9.76. The number of nitrogens with zero attached hydrogens (tertiary/aromatic N) is 4. The van der Waals surface area contributed by atoms with Crippen LogP contribution in [-0.2, 0) is 9.59 Å². The van der Waals surface area contributed by atoms with Gasteiger partial charge < -0.3 is 11.1 Å². The normalized spacial score (nSPS) is 17.1. The zero-order valence-corrected chi connectivity index (χ0v) is 26.1. The largest absolute Gasteiger partial charge is 0.384 e. The van der Waals surface area contributed by atoms with Crippen molar-refractivity contribution in [2.75, 3.05) is 16.0 Å². The summed E-state index contributed by atoms with van der Waals surface area (Å²) in [7, 11) is 0. The van der Waals surface area contributed by atoms with Crippen LogP contribution in [0, 0.1) is 18.3 Å². The van der Waals surface area contributed by atoms with Crippen molar-refractivity contribution in [3.05, 3.63) is 86.3 Å². The Morgan fingerprint density at radius 1 is 1.24 bits per heavy atom. The van der Waals surface area contributed by atoms with Gasteiger partial charge in [0, 0.05) is 27.9 Å². The van der Waals surface area contributed by atoms with E-state index in [2.05, 4.69) is 51.4 Å². The number of carbonyl (C=O) groups is 2. The fourth-order valence-electron chi connectivity index (χ4n) is 5.14. The van der Waals surface area contributed by atoms with Gasteiger partial charge >= 0.3 is 0 Å². The van der Waals surface area contributed by atoms with Gasteiger partial charge in [-0.1, -0.05) is 77.1 Å². The van der Waals surface area contributed by atoms with Gasteiger partial charge in [-0.05, 0) is 60.6 Å². The van der Waals surface area contributed by atoms with Crippen molar-refractivity contribution in [2.24, 2.45) is 5.73 Å². The zero-order chi connectivity index (χ0) is 29.3. The lowest BCUT2D eigenvalue weighted by Gasteiger charge is -2.38. The first-order valence-electron chi connectivity index (χ1n) is 13.3. The average Bonchev–Trinajstić information content (AvgIpc) is 3.41.